The zero-order chi connectivity index (χ0) is 27.1. The summed E-state index contributed by atoms with van der Waals surface area (Å²) in [6.07, 6.45) is 3.52. The van der Waals surface area contributed by atoms with E-state index >= 15 is 0 Å². The fourth-order valence-electron chi connectivity index (χ4n) is 3.85. The second-order valence-electron chi connectivity index (χ2n) is 8.47. The monoisotopic (exact) mass is 512 g/mol. The highest BCUT2D eigenvalue weighted by Crippen LogP contribution is 2.33. The van der Waals surface area contributed by atoms with Crippen LogP contribution in [0.4, 0.5) is 5.69 Å². The van der Waals surface area contributed by atoms with Gasteiger partial charge in [0.15, 0.2) is 18.1 Å². The number of nitrogens with one attached hydrogen (secondary N) is 2. The Morgan fingerprint density at radius 2 is 1.87 bits per heavy atom. The van der Waals surface area contributed by atoms with E-state index in [0.717, 1.165) is 10.2 Å². The van der Waals surface area contributed by atoms with E-state index < -0.39 is 11.2 Å². The van der Waals surface area contributed by atoms with Gasteiger partial charge in [0, 0.05) is 11.3 Å². The minimum Gasteiger partial charge on any atom is -0.490 e. The van der Waals surface area contributed by atoms with Crippen molar-refractivity contribution in [1.82, 2.24) is 9.66 Å². The zero-order valence-electron chi connectivity index (χ0n) is 21.2. The third kappa shape index (κ3) is 6.07. The molecule has 0 aliphatic rings. The van der Waals surface area contributed by atoms with E-state index in [-0.39, 0.29) is 12.5 Å². The van der Waals surface area contributed by atoms with Gasteiger partial charge in [0.25, 0.3) is 11.5 Å². The number of nitrogens with zero attached hydrogens (tertiary/aromatic N) is 2. The molecule has 0 saturated heterocycles. The molecule has 1 aromatic heterocycles. The van der Waals surface area contributed by atoms with Crippen molar-refractivity contribution in [2.24, 2.45) is 5.10 Å². The number of carbonyl (C=O) groups is 1. The van der Waals surface area contributed by atoms with Crippen molar-refractivity contribution in [2.45, 2.75) is 20.3 Å². The van der Waals surface area contributed by atoms with Crippen molar-refractivity contribution < 1.29 is 14.3 Å². The summed E-state index contributed by atoms with van der Waals surface area (Å²) in [6.45, 7) is 7.73. The first-order valence-electron chi connectivity index (χ1n) is 12.1. The Kier molecular flexibility index (Phi) is 8.17. The Hall–Kier alpha value is -4.92. The Morgan fingerprint density at radius 1 is 1.11 bits per heavy atom. The molecule has 0 aliphatic carbocycles. The first-order chi connectivity index (χ1) is 18.4. The molecule has 1 amide bonds. The number of aryl methyl sites for hydroxylation is 1. The number of aromatic nitrogens is 2. The number of hydrogen-bond donors (Lipinski definition) is 2. The van der Waals surface area contributed by atoms with Gasteiger partial charge in [0.2, 0.25) is 0 Å². The van der Waals surface area contributed by atoms with Crippen LogP contribution in [-0.2, 0) is 11.2 Å². The lowest BCUT2D eigenvalue weighted by Gasteiger charge is -2.16. The molecule has 0 unspecified atom stereocenters. The lowest BCUT2D eigenvalue weighted by atomic mass is 10.1. The summed E-state index contributed by atoms with van der Waals surface area (Å²) >= 11 is 0. The van der Waals surface area contributed by atoms with Gasteiger partial charge >= 0.3 is 5.69 Å². The summed E-state index contributed by atoms with van der Waals surface area (Å²) in [4.78, 5) is 40.4. The van der Waals surface area contributed by atoms with Crippen LogP contribution in [0.1, 0.15) is 23.6 Å². The molecule has 9 nitrogen and oxygen atoms in total. The van der Waals surface area contributed by atoms with Crippen LogP contribution >= 0.6 is 0 Å². The highest BCUT2D eigenvalue weighted by Gasteiger charge is 2.15. The largest absolute Gasteiger partial charge is 0.490 e. The number of allylic oxidation sites excluding steroid dienone is 1. The molecule has 0 radical (unpaired) electrons. The number of rotatable bonds is 10. The fourth-order valence-corrected chi connectivity index (χ4v) is 3.85. The molecule has 0 bridgehead atoms. The molecular weight excluding hydrogens is 484 g/mol. The van der Waals surface area contributed by atoms with Crippen LogP contribution in [-0.4, -0.2) is 35.0 Å². The normalized spacial score (nSPS) is 11.0. The van der Waals surface area contributed by atoms with E-state index in [1.54, 1.807) is 42.5 Å². The van der Waals surface area contributed by atoms with Gasteiger partial charge in [0.1, 0.15) is 0 Å². The van der Waals surface area contributed by atoms with E-state index in [2.05, 4.69) is 22.0 Å². The van der Waals surface area contributed by atoms with Crippen molar-refractivity contribution in [3.8, 4) is 11.5 Å². The number of benzene rings is 3. The van der Waals surface area contributed by atoms with Crippen molar-refractivity contribution >= 4 is 28.7 Å². The molecule has 0 fully saturated rings. The van der Waals surface area contributed by atoms with Gasteiger partial charge in [-0.05, 0) is 62.2 Å². The number of anilines is 1. The molecule has 0 aliphatic heterocycles. The Bertz CT molecular complexity index is 1620. The average Bonchev–Trinajstić information content (AvgIpc) is 2.90. The molecule has 9 heteroatoms. The third-order valence-corrected chi connectivity index (χ3v) is 5.61. The van der Waals surface area contributed by atoms with E-state index in [0.29, 0.717) is 52.2 Å². The number of carbonyl (C=O) groups excluding carboxylic acids is 1. The summed E-state index contributed by atoms with van der Waals surface area (Å²) in [7, 11) is 0. The molecular formula is C29H28N4O5. The second kappa shape index (κ2) is 11.9. The second-order valence-corrected chi connectivity index (χ2v) is 8.47. The lowest BCUT2D eigenvalue weighted by molar-refractivity contribution is -0.118. The summed E-state index contributed by atoms with van der Waals surface area (Å²) in [5.74, 6) is 0.487. The maximum atomic E-state index is 12.8. The molecule has 38 heavy (non-hydrogen) atoms. The Morgan fingerprint density at radius 3 is 2.61 bits per heavy atom. The van der Waals surface area contributed by atoms with Crippen LogP contribution in [0.5, 0.6) is 11.5 Å². The lowest BCUT2D eigenvalue weighted by Crippen LogP contribution is -2.32. The smallest absolute Gasteiger partial charge is 0.349 e. The van der Waals surface area contributed by atoms with Crippen LogP contribution in [0.2, 0.25) is 0 Å². The van der Waals surface area contributed by atoms with Gasteiger partial charge in [-0.1, -0.05) is 35.9 Å². The van der Waals surface area contributed by atoms with Crippen molar-refractivity contribution in [3.63, 3.8) is 0 Å². The maximum absolute atomic E-state index is 12.8. The van der Waals surface area contributed by atoms with Crippen LogP contribution in [0.25, 0.3) is 10.9 Å². The molecule has 4 aromatic rings. The first-order valence-corrected chi connectivity index (χ1v) is 12.1. The van der Waals surface area contributed by atoms with E-state index in [4.69, 9.17) is 9.47 Å². The van der Waals surface area contributed by atoms with Crippen molar-refractivity contribution in [2.75, 3.05) is 18.5 Å². The summed E-state index contributed by atoms with van der Waals surface area (Å²) in [5.41, 5.74) is 2.29. The molecule has 194 valence electrons. The minimum absolute atomic E-state index is 0.229. The summed E-state index contributed by atoms with van der Waals surface area (Å²) < 4.78 is 12.5. The highest BCUT2D eigenvalue weighted by molar-refractivity contribution is 5.92. The van der Waals surface area contributed by atoms with E-state index in [1.807, 2.05) is 38.1 Å². The maximum Gasteiger partial charge on any atom is 0.349 e. The molecule has 0 spiro atoms. The van der Waals surface area contributed by atoms with Gasteiger partial charge in [-0.2, -0.15) is 5.10 Å². The average molecular weight is 513 g/mol. The van der Waals surface area contributed by atoms with Crippen LogP contribution in [0, 0.1) is 6.92 Å². The molecule has 0 atom stereocenters. The van der Waals surface area contributed by atoms with Gasteiger partial charge in [0.05, 0.1) is 23.7 Å². The number of aromatic amines is 1. The Labute approximate surface area is 219 Å². The van der Waals surface area contributed by atoms with Crippen LogP contribution in [0.3, 0.4) is 0 Å². The molecule has 4 rings (SSSR count). The standard InChI is InChI=1S/C29H28N4O5/c1-4-8-21-15-20(17-30-33-28(35)23-9-6-7-10-24(23)32-29(33)36)16-25(37-5-2)27(21)38-18-26(34)31-22-13-11-19(3)12-14-22/h4,6-7,9-17H,1,5,8,18H2,2-3H3,(H,31,34)(H,32,36). The molecule has 0 saturated carbocycles. The fraction of sp³-hybridized carbons (Fsp3) is 0.172. The molecule has 3 aromatic carbocycles. The van der Waals surface area contributed by atoms with Crippen molar-refractivity contribution in [1.29, 1.82) is 0 Å². The number of para-hydroxylation sites is 1. The number of H-pyrrole nitrogens is 1. The van der Waals surface area contributed by atoms with Gasteiger partial charge in [-0.25, -0.2) is 4.79 Å². The van der Waals surface area contributed by atoms with E-state index in [9.17, 15) is 14.4 Å². The molecule has 2 N–H and O–H groups in total. The predicted molar refractivity (Wildman–Crippen MR) is 149 cm³/mol. The zero-order valence-corrected chi connectivity index (χ0v) is 21.2. The van der Waals surface area contributed by atoms with Crippen LogP contribution in [0.15, 0.2) is 88.0 Å². The number of amides is 1. The topological polar surface area (TPSA) is 115 Å². The van der Waals surface area contributed by atoms with Crippen molar-refractivity contribution in [3.05, 3.63) is 111 Å². The van der Waals surface area contributed by atoms with Gasteiger partial charge in [-0.3, -0.25) is 9.59 Å². The third-order valence-electron chi connectivity index (χ3n) is 5.61. The highest BCUT2D eigenvalue weighted by atomic mass is 16.5. The first kappa shape index (κ1) is 26.2. The summed E-state index contributed by atoms with van der Waals surface area (Å²) in [5, 5.41) is 7.29. The SMILES string of the molecule is C=CCc1cc(C=Nn2c(=O)[nH]c3ccccc3c2=O)cc(OCC)c1OCC(=O)Nc1ccc(C)cc1. The van der Waals surface area contributed by atoms with Gasteiger partial charge in [-0.15, -0.1) is 11.3 Å². The van der Waals surface area contributed by atoms with E-state index in [1.165, 1.54) is 6.21 Å². The minimum atomic E-state index is -0.652. The quantitative estimate of drug-likeness (QED) is 0.246. The molecule has 1 heterocycles. The summed E-state index contributed by atoms with van der Waals surface area (Å²) in [6, 6.07) is 17.6. The number of fused-ring (bicyclic) bond motifs is 1. The Balaban J connectivity index is 1.62. The number of ether oxygens (including phenoxy) is 2. The number of hydrogen-bond acceptors (Lipinski definition) is 6. The van der Waals surface area contributed by atoms with Gasteiger partial charge < -0.3 is 19.8 Å². The predicted octanol–water partition coefficient (Wildman–Crippen LogP) is 4.03. The van der Waals surface area contributed by atoms with Crippen LogP contribution < -0.4 is 26.0 Å².